The van der Waals surface area contributed by atoms with Crippen molar-refractivity contribution in [3.05, 3.63) is 59.1 Å². The Morgan fingerprint density at radius 1 is 1.06 bits per heavy atom. The van der Waals surface area contributed by atoms with E-state index in [1.54, 1.807) is 24.3 Å². The number of hydrogen-bond acceptors (Lipinski definition) is 4. The molecule has 6 nitrogen and oxygen atoms in total. The Kier molecular flexibility index (Phi) is 8.11. The van der Waals surface area contributed by atoms with Crippen LogP contribution >= 0.6 is 11.6 Å². The average Bonchev–Trinajstić information content (AvgIpc) is 2.77. The second-order valence-electron chi connectivity index (χ2n) is 7.74. The van der Waals surface area contributed by atoms with E-state index in [4.69, 9.17) is 11.6 Å². The summed E-state index contributed by atoms with van der Waals surface area (Å²) in [6, 6.07) is 14.3. The number of anilines is 1. The van der Waals surface area contributed by atoms with Gasteiger partial charge in [-0.1, -0.05) is 43.6 Å². The van der Waals surface area contributed by atoms with E-state index >= 15 is 0 Å². The van der Waals surface area contributed by atoms with Gasteiger partial charge in [-0.15, -0.1) is 0 Å². The van der Waals surface area contributed by atoms with Gasteiger partial charge >= 0.3 is 0 Å². The summed E-state index contributed by atoms with van der Waals surface area (Å²) in [7, 11) is -3.50. The molecule has 0 radical (unpaired) electrons. The van der Waals surface area contributed by atoms with E-state index in [0.29, 0.717) is 18.8 Å². The van der Waals surface area contributed by atoms with Crippen molar-refractivity contribution in [1.82, 2.24) is 9.21 Å². The van der Waals surface area contributed by atoms with Crippen LogP contribution in [-0.4, -0.2) is 49.7 Å². The third kappa shape index (κ3) is 5.86. The summed E-state index contributed by atoms with van der Waals surface area (Å²) < 4.78 is 26.6. The fourth-order valence-electron chi connectivity index (χ4n) is 3.89. The summed E-state index contributed by atoms with van der Waals surface area (Å²) in [6.45, 7) is 6.94. The van der Waals surface area contributed by atoms with E-state index < -0.39 is 10.0 Å². The molecule has 1 aliphatic heterocycles. The zero-order valence-electron chi connectivity index (χ0n) is 18.1. The molecule has 0 atom stereocenters. The molecule has 0 unspecified atom stereocenters. The van der Waals surface area contributed by atoms with Crippen LogP contribution in [0.4, 0.5) is 5.69 Å². The number of hydrogen-bond donors (Lipinski definition) is 1. The van der Waals surface area contributed by atoms with Crippen LogP contribution in [0.1, 0.15) is 32.3 Å². The minimum atomic E-state index is -3.50. The molecule has 0 bridgehead atoms. The molecule has 1 fully saturated rings. The van der Waals surface area contributed by atoms with E-state index in [9.17, 15) is 13.2 Å². The Labute approximate surface area is 190 Å². The highest BCUT2D eigenvalue weighted by molar-refractivity contribution is 7.89. The third-order valence-corrected chi connectivity index (χ3v) is 8.21. The van der Waals surface area contributed by atoms with Gasteiger partial charge in [-0.2, -0.15) is 4.31 Å². The van der Waals surface area contributed by atoms with E-state index in [-0.39, 0.29) is 16.7 Å². The Balaban J connectivity index is 1.54. The second kappa shape index (κ2) is 10.6. The standard InChI is InChI=1S/C23H30ClN3O3S/c1-3-27(4-2)31(29,30)21-11-9-20(10-12-21)25-23(28)18-13-15-26(16-14-18)17-19-7-5-6-8-22(19)24/h5-12,18H,3-4,13-17H2,1-2H3,(H,25,28). The number of sulfonamides is 1. The molecule has 168 valence electrons. The lowest BCUT2D eigenvalue weighted by molar-refractivity contribution is -0.121. The van der Waals surface area contributed by atoms with Crippen molar-refractivity contribution in [3.8, 4) is 0 Å². The van der Waals surface area contributed by atoms with Gasteiger partial charge < -0.3 is 5.32 Å². The highest BCUT2D eigenvalue weighted by Crippen LogP contribution is 2.24. The second-order valence-corrected chi connectivity index (χ2v) is 10.1. The Bertz CT molecular complexity index is 983. The minimum absolute atomic E-state index is 0.0169. The number of rotatable bonds is 8. The van der Waals surface area contributed by atoms with Gasteiger partial charge in [0.05, 0.1) is 4.90 Å². The van der Waals surface area contributed by atoms with Crippen LogP contribution in [0.25, 0.3) is 0 Å². The molecule has 1 saturated heterocycles. The fourth-order valence-corrected chi connectivity index (χ4v) is 5.54. The lowest BCUT2D eigenvalue weighted by Crippen LogP contribution is -2.37. The van der Waals surface area contributed by atoms with Crippen molar-refractivity contribution < 1.29 is 13.2 Å². The van der Waals surface area contributed by atoms with Crippen molar-refractivity contribution in [2.75, 3.05) is 31.5 Å². The first-order valence-corrected chi connectivity index (χ1v) is 12.5. The van der Waals surface area contributed by atoms with Gasteiger partial charge in [0, 0.05) is 36.3 Å². The van der Waals surface area contributed by atoms with Crippen LogP contribution in [-0.2, 0) is 21.4 Å². The van der Waals surface area contributed by atoms with Crippen LogP contribution in [0, 0.1) is 5.92 Å². The zero-order valence-corrected chi connectivity index (χ0v) is 19.6. The van der Waals surface area contributed by atoms with Crippen LogP contribution in [0.15, 0.2) is 53.4 Å². The summed E-state index contributed by atoms with van der Waals surface area (Å²) in [5.41, 5.74) is 1.72. The van der Waals surface area contributed by atoms with Gasteiger partial charge in [0.15, 0.2) is 0 Å². The van der Waals surface area contributed by atoms with Gasteiger partial charge in [-0.3, -0.25) is 9.69 Å². The quantitative estimate of drug-likeness (QED) is 0.636. The number of likely N-dealkylation sites (tertiary alicyclic amines) is 1. The predicted octanol–water partition coefficient (Wildman–Crippen LogP) is 4.22. The summed E-state index contributed by atoms with van der Waals surface area (Å²) in [4.78, 5) is 15.2. The lowest BCUT2D eigenvalue weighted by atomic mass is 9.95. The van der Waals surface area contributed by atoms with Gasteiger partial charge in [-0.05, 0) is 61.8 Å². The van der Waals surface area contributed by atoms with Crippen LogP contribution in [0.2, 0.25) is 5.02 Å². The van der Waals surface area contributed by atoms with Crippen molar-refractivity contribution in [3.63, 3.8) is 0 Å². The van der Waals surface area contributed by atoms with Crippen LogP contribution in [0.3, 0.4) is 0 Å². The maximum atomic E-state index is 12.7. The fraction of sp³-hybridized carbons (Fsp3) is 0.435. The smallest absolute Gasteiger partial charge is 0.243 e. The molecule has 8 heteroatoms. The number of nitrogens with zero attached hydrogens (tertiary/aromatic N) is 2. The highest BCUT2D eigenvalue weighted by atomic mass is 35.5. The van der Waals surface area contributed by atoms with Crippen molar-refractivity contribution in [2.24, 2.45) is 5.92 Å². The van der Waals surface area contributed by atoms with Gasteiger partial charge in [0.1, 0.15) is 0 Å². The number of nitrogens with one attached hydrogen (secondary N) is 1. The van der Waals surface area contributed by atoms with Crippen LogP contribution < -0.4 is 5.32 Å². The normalized spacial score (nSPS) is 15.9. The molecule has 1 amide bonds. The molecule has 1 N–H and O–H groups in total. The molecular weight excluding hydrogens is 434 g/mol. The molecule has 31 heavy (non-hydrogen) atoms. The molecular formula is C23H30ClN3O3S. The maximum absolute atomic E-state index is 12.7. The first kappa shape index (κ1) is 23.7. The first-order chi connectivity index (χ1) is 14.8. The number of carbonyl (C=O) groups excluding carboxylic acids is 1. The molecule has 2 aromatic carbocycles. The van der Waals surface area contributed by atoms with Gasteiger partial charge in [0.2, 0.25) is 15.9 Å². The SMILES string of the molecule is CCN(CC)S(=O)(=O)c1ccc(NC(=O)C2CCN(Cc3ccccc3Cl)CC2)cc1. The van der Waals surface area contributed by atoms with Gasteiger partial charge in [0.25, 0.3) is 0 Å². The molecule has 0 aliphatic carbocycles. The number of benzene rings is 2. The number of piperidine rings is 1. The number of halogens is 1. The summed E-state index contributed by atoms with van der Waals surface area (Å²) in [6.07, 6.45) is 1.56. The van der Waals surface area contributed by atoms with Crippen molar-refractivity contribution in [1.29, 1.82) is 0 Å². The Hall–Kier alpha value is -1.93. The Morgan fingerprint density at radius 3 is 2.26 bits per heavy atom. The predicted molar refractivity (Wildman–Crippen MR) is 125 cm³/mol. The number of carbonyl (C=O) groups is 1. The molecule has 1 heterocycles. The first-order valence-electron chi connectivity index (χ1n) is 10.7. The highest BCUT2D eigenvalue weighted by Gasteiger charge is 2.26. The maximum Gasteiger partial charge on any atom is 0.243 e. The lowest BCUT2D eigenvalue weighted by Gasteiger charge is -2.31. The molecule has 0 aromatic heterocycles. The summed E-state index contributed by atoms with van der Waals surface area (Å²) >= 11 is 6.25. The van der Waals surface area contributed by atoms with E-state index in [2.05, 4.69) is 10.2 Å². The summed E-state index contributed by atoms with van der Waals surface area (Å²) in [5.74, 6) is -0.0710. The number of amides is 1. The van der Waals surface area contributed by atoms with Crippen molar-refractivity contribution in [2.45, 2.75) is 38.1 Å². The molecule has 2 aromatic rings. The topological polar surface area (TPSA) is 69.7 Å². The van der Waals surface area contributed by atoms with E-state index in [1.165, 1.54) is 4.31 Å². The van der Waals surface area contributed by atoms with E-state index in [1.807, 2.05) is 38.1 Å². The molecule has 3 rings (SSSR count). The van der Waals surface area contributed by atoms with E-state index in [0.717, 1.165) is 43.1 Å². The van der Waals surface area contributed by atoms with Crippen molar-refractivity contribution >= 4 is 33.2 Å². The Morgan fingerprint density at radius 2 is 1.68 bits per heavy atom. The molecule has 0 spiro atoms. The minimum Gasteiger partial charge on any atom is -0.326 e. The molecule has 1 aliphatic rings. The monoisotopic (exact) mass is 463 g/mol. The van der Waals surface area contributed by atoms with Crippen LogP contribution in [0.5, 0.6) is 0 Å². The third-order valence-electron chi connectivity index (χ3n) is 5.78. The summed E-state index contributed by atoms with van der Waals surface area (Å²) in [5, 5.41) is 3.71. The largest absolute Gasteiger partial charge is 0.326 e. The zero-order chi connectivity index (χ0) is 22.4. The van der Waals surface area contributed by atoms with Gasteiger partial charge in [-0.25, -0.2) is 8.42 Å². The average molecular weight is 464 g/mol. The molecule has 0 saturated carbocycles.